The van der Waals surface area contributed by atoms with Crippen LogP contribution in [0, 0.1) is 12.8 Å². The highest BCUT2D eigenvalue weighted by molar-refractivity contribution is 7.89. The van der Waals surface area contributed by atoms with Crippen LogP contribution in [-0.2, 0) is 16.6 Å². The second-order valence-electron chi connectivity index (χ2n) is 7.02. The Kier molecular flexibility index (Phi) is 5.86. The van der Waals surface area contributed by atoms with Gasteiger partial charge in [-0.05, 0) is 49.4 Å². The highest BCUT2D eigenvalue weighted by Crippen LogP contribution is 2.23. The van der Waals surface area contributed by atoms with Crippen molar-refractivity contribution in [2.75, 3.05) is 13.1 Å². The second-order valence-corrected chi connectivity index (χ2v) is 8.96. The number of piperidine rings is 1. The van der Waals surface area contributed by atoms with Gasteiger partial charge in [-0.15, -0.1) is 0 Å². The molecule has 0 spiro atoms. The average Bonchev–Trinajstić information content (AvgIpc) is 2.66. The van der Waals surface area contributed by atoms with Gasteiger partial charge in [0.1, 0.15) is 0 Å². The lowest BCUT2D eigenvalue weighted by atomic mass is 10.0. The first kappa shape index (κ1) is 19.4. The molecular weight excluding hydrogens is 364 g/mol. The van der Waals surface area contributed by atoms with E-state index in [1.165, 1.54) is 6.20 Å². The van der Waals surface area contributed by atoms with Crippen molar-refractivity contribution in [3.05, 3.63) is 53.3 Å². The predicted octanol–water partition coefficient (Wildman–Crippen LogP) is 2.14. The molecule has 144 valence electrons. The quantitative estimate of drug-likeness (QED) is 0.847. The van der Waals surface area contributed by atoms with Gasteiger partial charge in [-0.25, -0.2) is 8.42 Å². The molecule has 1 atom stereocenters. The number of sulfonamides is 1. The van der Waals surface area contributed by atoms with Crippen molar-refractivity contribution in [1.29, 1.82) is 0 Å². The van der Waals surface area contributed by atoms with Crippen molar-refractivity contribution in [3.63, 3.8) is 0 Å². The number of aromatic nitrogens is 2. The number of amides is 1. The minimum Gasteiger partial charge on any atom is -0.348 e. The first-order valence-electron chi connectivity index (χ1n) is 9.03. The molecule has 0 radical (unpaired) electrons. The Bertz CT molecular complexity index is 913. The third-order valence-corrected chi connectivity index (χ3v) is 6.55. The topological polar surface area (TPSA) is 92.3 Å². The van der Waals surface area contributed by atoms with Crippen molar-refractivity contribution < 1.29 is 13.2 Å². The first-order chi connectivity index (χ1) is 12.9. The van der Waals surface area contributed by atoms with Gasteiger partial charge in [-0.1, -0.05) is 19.1 Å². The molecule has 0 saturated carbocycles. The van der Waals surface area contributed by atoms with Crippen molar-refractivity contribution in [3.8, 4) is 0 Å². The molecule has 1 amide bonds. The Balaban J connectivity index is 1.64. The summed E-state index contributed by atoms with van der Waals surface area (Å²) in [7, 11) is -3.46. The molecule has 7 nitrogen and oxygen atoms in total. The van der Waals surface area contributed by atoms with Crippen LogP contribution in [0.2, 0.25) is 0 Å². The number of nitrogens with one attached hydrogen (secondary N) is 1. The minimum absolute atomic E-state index is 0.244. The molecule has 2 aromatic rings. The molecule has 27 heavy (non-hydrogen) atoms. The molecule has 1 aliphatic heterocycles. The molecule has 1 aromatic carbocycles. The zero-order valence-electron chi connectivity index (χ0n) is 15.6. The summed E-state index contributed by atoms with van der Waals surface area (Å²) >= 11 is 0. The van der Waals surface area contributed by atoms with E-state index in [9.17, 15) is 13.2 Å². The van der Waals surface area contributed by atoms with Gasteiger partial charge in [0.25, 0.3) is 5.91 Å². The normalized spacial score (nSPS) is 18.2. The van der Waals surface area contributed by atoms with E-state index in [1.807, 2.05) is 0 Å². The largest absolute Gasteiger partial charge is 0.348 e. The number of benzene rings is 1. The van der Waals surface area contributed by atoms with Crippen LogP contribution >= 0.6 is 0 Å². The molecule has 0 aliphatic carbocycles. The van der Waals surface area contributed by atoms with Crippen LogP contribution in [0.5, 0.6) is 0 Å². The lowest BCUT2D eigenvalue weighted by Gasteiger charge is -2.30. The van der Waals surface area contributed by atoms with E-state index in [0.29, 0.717) is 41.7 Å². The van der Waals surface area contributed by atoms with E-state index in [0.717, 1.165) is 18.4 Å². The highest BCUT2D eigenvalue weighted by Gasteiger charge is 2.28. The summed E-state index contributed by atoms with van der Waals surface area (Å²) in [6.07, 6.45) is 3.38. The van der Waals surface area contributed by atoms with E-state index in [4.69, 9.17) is 0 Å². The van der Waals surface area contributed by atoms with Gasteiger partial charge in [0.2, 0.25) is 10.0 Å². The third kappa shape index (κ3) is 4.70. The minimum atomic E-state index is -3.46. The van der Waals surface area contributed by atoms with Crippen LogP contribution in [0.1, 0.15) is 41.4 Å². The van der Waals surface area contributed by atoms with Gasteiger partial charge in [-0.2, -0.15) is 14.5 Å². The lowest BCUT2D eigenvalue weighted by Crippen LogP contribution is -2.39. The number of hydrogen-bond acceptors (Lipinski definition) is 5. The number of hydrogen-bond donors (Lipinski definition) is 1. The Morgan fingerprint density at radius 1 is 1.30 bits per heavy atom. The fourth-order valence-corrected chi connectivity index (χ4v) is 4.77. The van der Waals surface area contributed by atoms with E-state index in [-0.39, 0.29) is 5.91 Å². The van der Waals surface area contributed by atoms with Crippen LogP contribution in [0.25, 0.3) is 0 Å². The maximum absolute atomic E-state index is 12.8. The summed E-state index contributed by atoms with van der Waals surface area (Å²) in [5, 5.41) is 10.4. The summed E-state index contributed by atoms with van der Waals surface area (Å²) in [6.45, 7) is 5.30. The number of nitrogens with zero attached hydrogens (tertiary/aromatic N) is 3. The van der Waals surface area contributed by atoms with Gasteiger partial charge in [0.15, 0.2) is 0 Å². The molecule has 0 bridgehead atoms. The van der Waals surface area contributed by atoms with Crippen molar-refractivity contribution in [2.24, 2.45) is 5.92 Å². The van der Waals surface area contributed by atoms with Crippen molar-refractivity contribution in [2.45, 2.75) is 38.1 Å². The molecular formula is C19H24N4O3S. The maximum Gasteiger partial charge on any atom is 0.253 e. The van der Waals surface area contributed by atoms with E-state index >= 15 is 0 Å². The highest BCUT2D eigenvalue weighted by atomic mass is 32.2. The SMILES string of the molecule is Cc1cc(C(=O)NCc2ccc(S(=O)(=O)N3CCCC(C)C3)cc2)cnn1. The summed E-state index contributed by atoms with van der Waals surface area (Å²) in [4.78, 5) is 12.4. The zero-order valence-corrected chi connectivity index (χ0v) is 16.4. The molecule has 1 aromatic heterocycles. The summed E-state index contributed by atoms with van der Waals surface area (Å²) in [6, 6.07) is 8.34. The van der Waals surface area contributed by atoms with Gasteiger partial charge in [-0.3, -0.25) is 4.79 Å². The molecule has 1 saturated heterocycles. The fraction of sp³-hybridized carbons (Fsp3) is 0.421. The Morgan fingerprint density at radius 3 is 2.70 bits per heavy atom. The summed E-state index contributed by atoms with van der Waals surface area (Å²) < 4.78 is 27.1. The van der Waals surface area contributed by atoms with E-state index < -0.39 is 10.0 Å². The molecule has 1 N–H and O–H groups in total. The van der Waals surface area contributed by atoms with Crippen LogP contribution in [0.4, 0.5) is 0 Å². The van der Waals surface area contributed by atoms with E-state index in [2.05, 4.69) is 22.4 Å². The van der Waals surface area contributed by atoms with Gasteiger partial charge < -0.3 is 5.32 Å². The van der Waals surface area contributed by atoms with Crippen molar-refractivity contribution in [1.82, 2.24) is 19.8 Å². The average molecular weight is 388 g/mol. The molecule has 1 fully saturated rings. The van der Waals surface area contributed by atoms with Crippen LogP contribution in [-0.4, -0.2) is 41.9 Å². The first-order valence-corrected chi connectivity index (χ1v) is 10.5. The van der Waals surface area contributed by atoms with Gasteiger partial charge >= 0.3 is 0 Å². The smallest absolute Gasteiger partial charge is 0.253 e. The number of aryl methyl sites for hydroxylation is 1. The van der Waals surface area contributed by atoms with Gasteiger partial charge in [0, 0.05) is 19.6 Å². The lowest BCUT2D eigenvalue weighted by molar-refractivity contribution is 0.0950. The van der Waals surface area contributed by atoms with Crippen LogP contribution in [0.15, 0.2) is 41.4 Å². The molecule has 1 aliphatic rings. The predicted molar refractivity (Wildman–Crippen MR) is 102 cm³/mol. The van der Waals surface area contributed by atoms with Crippen LogP contribution < -0.4 is 5.32 Å². The summed E-state index contributed by atoms with van der Waals surface area (Å²) in [5.74, 6) is 0.140. The van der Waals surface area contributed by atoms with Crippen molar-refractivity contribution >= 4 is 15.9 Å². The monoisotopic (exact) mass is 388 g/mol. The standard InChI is InChI=1S/C19H24N4O3S/c1-14-4-3-9-23(13-14)27(25,26)18-7-5-16(6-8-18)11-20-19(24)17-10-15(2)22-21-12-17/h5-8,10,12,14H,3-4,9,11,13H2,1-2H3,(H,20,24). The zero-order chi connectivity index (χ0) is 19.4. The van der Waals surface area contributed by atoms with Gasteiger partial charge in [0.05, 0.1) is 22.3 Å². The Labute approximate surface area is 159 Å². The maximum atomic E-state index is 12.8. The number of carbonyl (C=O) groups is 1. The molecule has 3 rings (SSSR count). The third-order valence-electron chi connectivity index (χ3n) is 4.67. The molecule has 1 unspecified atom stereocenters. The Hall–Kier alpha value is -2.32. The molecule has 8 heteroatoms. The number of carbonyl (C=O) groups excluding carboxylic acids is 1. The Morgan fingerprint density at radius 2 is 2.04 bits per heavy atom. The van der Waals surface area contributed by atoms with E-state index in [1.54, 1.807) is 41.6 Å². The number of rotatable bonds is 5. The fourth-order valence-electron chi connectivity index (χ4n) is 3.17. The second kappa shape index (κ2) is 8.14. The van der Waals surface area contributed by atoms with Crippen LogP contribution in [0.3, 0.4) is 0 Å². The summed E-state index contributed by atoms with van der Waals surface area (Å²) in [5.41, 5.74) is 1.94. The molecule has 2 heterocycles.